The van der Waals surface area contributed by atoms with E-state index in [1.165, 1.54) is 0 Å². The molecule has 4 aromatic carbocycles. The number of benzene rings is 4. The summed E-state index contributed by atoms with van der Waals surface area (Å²) in [4.78, 5) is 9.39. The minimum Gasteiger partial charge on any atom is -0.455 e. The topological polar surface area (TPSA) is 38.9 Å². The zero-order chi connectivity index (χ0) is 20.4. The zero-order valence-corrected chi connectivity index (χ0v) is 16.5. The van der Waals surface area contributed by atoms with Gasteiger partial charge in [0.15, 0.2) is 0 Å². The van der Waals surface area contributed by atoms with Gasteiger partial charge < -0.3 is 4.42 Å². The summed E-state index contributed by atoms with van der Waals surface area (Å²) < 4.78 is 6.25. The molecule has 0 N–H and O–H groups in total. The number of hydrogen-bond donors (Lipinski definition) is 0. The van der Waals surface area contributed by atoms with Gasteiger partial charge in [-0.2, -0.15) is 0 Å². The third-order valence-electron chi connectivity index (χ3n) is 6.12. The van der Waals surface area contributed by atoms with E-state index in [2.05, 4.69) is 71.7 Å². The van der Waals surface area contributed by atoms with Gasteiger partial charge in [0.1, 0.15) is 11.2 Å². The number of fused-ring (bicyclic) bond motifs is 8. The van der Waals surface area contributed by atoms with Gasteiger partial charge in [0, 0.05) is 44.9 Å². The summed E-state index contributed by atoms with van der Waals surface area (Å²) in [5, 5.41) is 6.73. The molecule has 3 heterocycles. The van der Waals surface area contributed by atoms with Crippen LogP contribution in [0, 0.1) is 0 Å². The fourth-order valence-corrected chi connectivity index (χ4v) is 4.67. The van der Waals surface area contributed by atoms with Crippen molar-refractivity contribution in [3.05, 3.63) is 97.3 Å². The molecule has 3 nitrogen and oxygen atoms in total. The van der Waals surface area contributed by atoms with Crippen molar-refractivity contribution in [2.45, 2.75) is 0 Å². The minimum atomic E-state index is 0.911. The van der Waals surface area contributed by atoms with Crippen LogP contribution in [0.1, 0.15) is 0 Å². The Kier molecular flexibility index (Phi) is 3.27. The maximum atomic E-state index is 6.25. The van der Waals surface area contributed by atoms with Crippen LogP contribution in [0.25, 0.3) is 65.6 Å². The normalized spacial score (nSPS) is 11.9. The Morgan fingerprint density at radius 1 is 0.581 bits per heavy atom. The van der Waals surface area contributed by atoms with Crippen molar-refractivity contribution in [2.24, 2.45) is 0 Å². The Bertz CT molecular complexity index is 1800. The molecule has 3 heteroatoms. The molecule has 0 aliphatic rings. The molecule has 0 aliphatic heterocycles. The van der Waals surface area contributed by atoms with Crippen molar-refractivity contribution in [2.75, 3.05) is 0 Å². The lowest BCUT2D eigenvalue weighted by Crippen LogP contribution is -1.88. The summed E-state index contributed by atoms with van der Waals surface area (Å²) >= 11 is 0. The van der Waals surface area contributed by atoms with Crippen molar-refractivity contribution < 1.29 is 4.42 Å². The standard InChI is InChI=1S/C28H16N2O/c1-2-9-22-20(7-1)23(15-24-21-8-3-4-10-25(21)31-28(22)24)19-14-18-12-11-17-6-5-13-29-26(17)27(18)30-16-19/h1-16H. The van der Waals surface area contributed by atoms with Gasteiger partial charge in [0.05, 0.1) is 11.0 Å². The van der Waals surface area contributed by atoms with Crippen LogP contribution in [-0.2, 0) is 0 Å². The Morgan fingerprint density at radius 2 is 1.35 bits per heavy atom. The smallest absolute Gasteiger partial charge is 0.143 e. The van der Waals surface area contributed by atoms with Crippen LogP contribution in [0.4, 0.5) is 0 Å². The van der Waals surface area contributed by atoms with E-state index in [0.717, 1.165) is 65.6 Å². The van der Waals surface area contributed by atoms with Crippen LogP contribution in [0.3, 0.4) is 0 Å². The van der Waals surface area contributed by atoms with Crippen molar-refractivity contribution in [3.8, 4) is 11.1 Å². The molecular weight excluding hydrogens is 380 g/mol. The average molecular weight is 396 g/mol. The third-order valence-corrected chi connectivity index (χ3v) is 6.12. The van der Waals surface area contributed by atoms with Crippen LogP contribution >= 0.6 is 0 Å². The molecule has 144 valence electrons. The van der Waals surface area contributed by atoms with Gasteiger partial charge in [-0.05, 0) is 35.2 Å². The second kappa shape index (κ2) is 6.13. The van der Waals surface area contributed by atoms with Crippen molar-refractivity contribution in [3.63, 3.8) is 0 Å². The Balaban J connectivity index is 1.58. The minimum absolute atomic E-state index is 0.911. The quantitative estimate of drug-likeness (QED) is 0.270. The van der Waals surface area contributed by atoms with E-state index >= 15 is 0 Å². The number of pyridine rings is 2. The molecule has 0 unspecified atom stereocenters. The van der Waals surface area contributed by atoms with Gasteiger partial charge in [-0.3, -0.25) is 9.97 Å². The highest BCUT2D eigenvalue weighted by Gasteiger charge is 2.15. The number of aromatic nitrogens is 2. The largest absolute Gasteiger partial charge is 0.455 e. The van der Waals surface area contributed by atoms with Crippen LogP contribution < -0.4 is 0 Å². The summed E-state index contributed by atoms with van der Waals surface area (Å²) in [5.41, 5.74) is 5.96. The van der Waals surface area contributed by atoms with Crippen LogP contribution in [0.15, 0.2) is 102 Å². The summed E-state index contributed by atoms with van der Waals surface area (Å²) in [5.74, 6) is 0. The monoisotopic (exact) mass is 396 g/mol. The van der Waals surface area contributed by atoms with Crippen molar-refractivity contribution in [1.29, 1.82) is 0 Å². The predicted molar refractivity (Wildman–Crippen MR) is 127 cm³/mol. The highest BCUT2D eigenvalue weighted by Crippen LogP contribution is 2.40. The molecule has 0 fully saturated rings. The molecule has 0 amide bonds. The van der Waals surface area contributed by atoms with E-state index in [1.54, 1.807) is 0 Å². The molecule has 0 saturated carbocycles. The first kappa shape index (κ1) is 16.5. The molecule has 0 aliphatic carbocycles. The van der Waals surface area contributed by atoms with Gasteiger partial charge in [0.25, 0.3) is 0 Å². The highest BCUT2D eigenvalue weighted by molar-refractivity contribution is 6.19. The molecule has 3 aromatic heterocycles. The summed E-state index contributed by atoms with van der Waals surface area (Å²) in [7, 11) is 0. The van der Waals surface area contributed by atoms with E-state index in [-0.39, 0.29) is 0 Å². The van der Waals surface area contributed by atoms with Gasteiger partial charge >= 0.3 is 0 Å². The molecule has 7 aromatic rings. The highest BCUT2D eigenvalue weighted by atomic mass is 16.3. The molecular formula is C28H16N2O. The van der Waals surface area contributed by atoms with Crippen molar-refractivity contribution in [1.82, 2.24) is 9.97 Å². The first-order valence-corrected chi connectivity index (χ1v) is 10.3. The van der Waals surface area contributed by atoms with Gasteiger partial charge in [0.2, 0.25) is 0 Å². The lowest BCUT2D eigenvalue weighted by atomic mass is 9.95. The molecule has 0 bridgehead atoms. The van der Waals surface area contributed by atoms with Gasteiger partial charge in [-0.25, -0.2) is 0 Å². The molecule has 0 saturated heterocycles. The van der Waals surface area contributed by atoms with Crippen LogP contribution in [0.5, 0.6) is 0 Å². The second-order valence-electron chi connectivity index (χ2n) is 7.88. The Hall–Kier alpha value is -4.24. The van der Waals surface area contributed by atoms with E-state index < -0.39 is 0 Å². The van der Waals surface area contributed by atoms with Gasteiger partial charge in [-0.1, -0.05) is 60.7 Å². The summed E-state index contributed by atoms with van der Waals surface area (Å²) in [6.45, 7) is 0. The third kappa shape index (κ3) is 2.34. The van der Waals surface area contributed by atoms with E-state index in [9.17, 15) is 0 Å². The first-order chi connectivity index (χ1) is 15.4. The lowest BCUT2D eigenvalue weighted by Gasteiger charge is -2.10. The van der Waals surface area contributed by atoms with Crippen LogP contribution in [0.2, 0.25) is 0 Å². The number of nitrogens with zero attached hydrogens (tertiary/aromatic N) is 2. The number of para-hydroxylation sites is 1. The van der Waals surface area contributed by atoms with E-state index in [0.29, 0.717) is 0 Å². The van der Waals surface area contributed by atoms with E-state index in [4.69, 9.17) is 9.40 Å². The fraction of sp³-hybridized carbons (Fsp3) is 0. The average Bonchev–Trinajstić information content (AvgIpc) is 3.22. The Labute approximate surface area is 177 Å². The van der Waals surface area contributed by atoms with E-state index in [1.807, 2.05) is 30.6 Å². The fourth-order valence-electron chi connectivity index (χ4n) is 4.67. The predicted octanol–water partition coefficient (Wildman–Crippen LogP) is 7.50. The Morgan fingerprint density at radius 3 is 2.29 bits per heavy atom. The second-order valence-corrected chi connectivity index (χ2v) is 7.88. The lowest BCUT2D eigenvalue weighted by molar-refractivity contribution is 0.672. The number of hydrogen-bond acceptors (Lipinski definition) is 3. The molecule has 7 rings (SSSR count). The zero-order valence-electron chi connectivity index (χ0n) is 16.5. The maximum Gasteiger partial charge on any atom is 0.143 e. The first-order valence-electron chi connectivity index (χ1n) is 10.3. The SMILES string of the molecule is c1cnc2c(c1)ccc1cc(-c3cc4c5ccccc5oc4c4ccccc34)cnc12. The molecule has 0 radical (unpaired) electrons. The molecule has 0 spiro atoms. The van der Waals surface area contributed by atoms with Crippen LogP contribution in [-0.4, -0.2) is 9.97 Å². The van der Waals surface area contributed by atoms with Crippen molar-refractivity contribution >= 4 is 54.5 Å². The molecule has 31 heavy (non-hydrogen) atoms. The number of rotatable bonds is 1. The number of furan rings is 1. The summed E-state index contributed by atoms with van der Waals surface area (Å²) in [6.07, 6.45) is 3.79. The maximum absolute atomic E-state index is 6.25. The summed E-state index contributed by atoms with van der Waals surface area (Å²) in [6, 6.07) is 29.4. The van der Waals surface area contributed by atoms with Gasteiger partial charge in [-0.15, -0.1) is 0 Å². The molecule has 0 atom stereocenters.